The lowest BCUT2D eigenvalue weighted by Crippen LogP contribution is -2.30. The summed E-state index contributed by atoms with van der Waals surface area (Å²) in [5, 5.41) is 13.2. The third-order valence-corrected chi connectivity index (χ3v) is 4.92. The molecule has 3 aliphatic rings. The van der Waals surface area contributed by atoms with E-state index in [4.69, 9.17) is 4.52 Å². The molecule has 2 aliphatic carbocycles. The number of rotatable bonds is 4. The molecule has 112 valence electrons. The van der Waals surface area contributed by atoms with Gasteiger partial charge in [-0.15, -0.1) is 0 Å². The van der Waals surface area contributed by atoms with Crippen LogP contribution >= 0.6 is 0 Å². The number of carbonyl (C=O) groups is 2. The van der Waals surface area contributed by atoms with Gasteiger partial charge < -0.3 is 14.5 Å². The molecule has 0 spiro atoms. The first-order chi connectivity index (χ1) is 10.1. The predicted octanol–water partition coefficient (Wildman–Crippen LogP) is 1.73. The molecule has 0 radical (unpaired) electrons. The molecule has 1 saturated heterocycles. The Bertz CT molecular complexity index is 588. The van der Waals surface area contributed by atoms with Crippen molar-refractivity contribution in [2.24, 2.45) is 17.8 Å². The number of likely N-dealkylation sites (tertiary alicyclic amines) is 1. The lowest BCUT2D eigenvalue weighted by atomic mass is 9.92. The maximum absolute atomic E-state index is 12.5. The van der Waals surface area contributed by atoms with E-state index in [0.717, 1.165) is 31.4 Å². The number of hydrogen-bond donors (Lipinski definition) is 1. The monoisotopic (exact) mass is 290 g/mol. The molecule has 2 atom stereocenters. The summed E-state index contributed by atoms with van der Waals surface area (Å²) < 4.78 is 5.22. The molecule has 21 heavy (non-hydrogen) atoms. The second-order valence-corrected chi connectivity index (χ2v) is 6.54. The topological polar surface area (TPSA) is 83.6 Å². The molecule has 0 unspecified atom stereocenters. The van der Waals surface area contributed by atoms with Crippen molar-refractivity contribution in [2.45, 2.75) is 31.6 Å². The van der Waals surface area contributed by atoms with Gasteiger partial charge in [0.25, 0.3) is 5.91 Å². The molecule has 1 aromatic heterocycles. The van der Waals surface area contributed by atoms with Crippen LogP contribution in [0.4, 0.5) is 0 Å². The van der Waals surface area contributed by atoms with Gasteiger partial charge in [0.05, 0.1) is 5.92 Å². The zero-order chi connectivity index (χ0) is 14.6. The number of amides is 1. The van der Waals surface area contributed by atoms with Crippen molar-refractivity contribution in [3.63, 3.8) is 0 Å². The molecule has 1 N–H and O–H groups in total. The fourth-order valence-electron chi connectivity index (χ4n) is 3.37. The van der Waals surface area contributed by atoms with Crippen LogP contribution in [0.5, 0.6) is 0 Å². The Labute approximate surface area is 122 Å². The van der Waals surface area contributed by atoms with E-state index in [0.29, 0.717) is 30.6 Å². The van der Waals surface area contributed by atoms with Gasteiger partial charge in [-0.3, -0.25) is 9.59 Å². The minimum atomic E-state index is -0.791. The standard InChI is InChI=1S/C15H18N2O4/c18-14(12-5-13(21-16-12)9-3-4-9)17-6-10(8-1-2-8)11(7-17)15(19)20/h5,8-11H,1-4,6-7H2,(H,19,20)/t10-,11+/m1/s1. The fraction of sp³-hybridized carbons (Fsp3) is 0.667. The number of nitrogens with zero attached hydrogens (tertiary/aromatic N) is 2. The highest BCUT2D eigenvalue weighted by molar-refractivity contribution is 5.93. The molecule has 1 aromatic rings. The minimum absolute atomic E-state index is 0.0984. The van der Waals surface area contributed by atoms with Gasteiger partial charge in [0.1, 0.15) is 5.76 Å². The summed E-state index contributed by atoms with van der Waals surface area (Å²) in [7, 11) is 0. The van der Waals surface area contributed by atoms with Crippen LogP contribution in [-0.4, -0.2) is 40.1 Å². The first-order valence-electron chi connectivity index (χ1n) is 7.62. The second kappa shape index (κ2) is 4.58. The first-order valence-corrected chi connectivity index (χ1v) is 7.62. The van der Waals surface area contributed by atoms with E-state index in [1.807, 2.05) is 0 Å². The quantitative estimate of drug-likeness (QED) is 0.913. The van der Waals surface area contributed by atoms with Crippen LogP contribution in [0.25, 0.3) is 0 Å². The van der Waals surface area contributed by atoms with Gasteiger partial charge in [-0.05, 0) is 37.5 Å². The van der Waals surface area contributed by atoms with Crippen LogP contribution in [0, 0.1) is 17.8 Å². The van der Waals surface area contributed by atoms with E-state index in [-0.39, 0.29) is 11.8 Å². The smallest absolute Gasteiger partial charge is 0.308 e. The molecule has 6 heteroatoms. The van der Waals surface area contributed by atoms with Crippen LogP contribution in [0.15, 0.2) is 10.6 Å². The van der Waals surface area contributed by atoms with Crippen LogP contribution < -0.4 is 0 Å². The zero-order valence-electron chi connectivity index (χ0n) is 11.7. The largest absolute Gasteiger partial charge is 0.481 e. The lowest BCUT2D eigenvalue weighted by Gasteiger charge is -2.14. The molecule has 2 saturated carbocycles. The van der Waals surface area contributed by atoms with E-state index in [9.17, 15) is 14.7 Å². The average Bonchev–Trinajstić information content (AvgIpc) is 3.40. The van der Waals surface area contributed by atoms with Crippen molar-refractivity contribution in [2.75, 3.05) is 13.1 Å². The second-order valence-electron chi connectivity index (χ2n) is 6.54. The Kier molecular flexibility index (Phi) is 2.80. The number of carboxylic acid groups (broad SMARTS) is 1. The molecular formula is C15H18N2O4. The van der Waals surface area contributed by atoms with E-state index in [1.54, 1.807) is 11.0 Å². The molecule has 3 fully saturated rings. The van der Waals surface area contributed by atoms with Crippen molar-refractivity contribution < 1.29 is 19.2 Å². The van der Waals surface area contributed by atoms with Gasteiger partial charge in [0.2, 0.25) is 0 Å². The highest BCUT2D eigenvalue weighted by Gasteiger charge is 2.47. The summed E-state index contributed by atoms with van der Waals surface area (Å²) in [5.74, 6) is 0.358. The van der Waals surface area contributed by atoms with Gasteiger partial charge in [-0.2, -0.15) is 0 Å². The third-order valence-electron chi connectivity index (χ3n) is 4.92. The maximum atomic E-state index is 12.5. The number of aromatic nitrogens is 1. The summed E-state index contributed by atoms with van der Waals surface area (Å²) in [6.45, 7) is 0.826. The Hall–Kier alpha value is -1.85. The Morgan fingerprint density at radius 2 is 2.00 bits per heavy atom. The van der Waals surface area contributed by atoms with Crippen LogP contribution in [0.2, 0.25) is 0 Å². The van der Waals surface area contributed by atoms with Gasteiger partial charge in [0.15, 0.2) is 5.69 Å². The van der Waals surface area contributed by atoms with Crippen molar-refractivity contribution >= 4 is 11.9 Å². The van der Waals surface area contributed by atoms with Crippen molar-refractivity contribution in [1.82, 2.24) is 10.1 Å². The van der Waals surface area contributed by atoms with Crippen molar-refractivity contribution in [3.8, 4) is 0 Å². The maximum Gasteiger partial charge on any atom is 0.308 e. The predicted molar refractivity (Wildman–Crippen MR) is 71.7 cm³/mol. The molecule has 1 aliphatic heterocycles. The van der Waals surface area contributed by atoms with E-state index < -0.39 is 11.9 Å². The number of carboxylic acids is 1. The highest BCUT2D eigenvalue weighted by Crippen LogP contribution is 2.44. The Morgan fingerprint density at radius 3 is 2.62 bits per heavy atom. The molecule has 0 aromatic carbocycles. The van der Waals surface area contributed by atoms with Gasteiger partial charge in [0, 0.05) is 25.1 Å². The molecule has 1 amide bonds. The molecule has 2 heterocycles. The summed E-state index contributed by atoms with van der Waals surface area (Å²) in [6, 6.07) is 1.72. The Morgan fingerprint density at radius 1 is 1.24 bits per heavy atom. The van der Waals surface area contributed by atoms with Gasteiger partial charge in [-0.25, -0.2) is 0 Å². The number of hydrogen-bond acceptors (Lipinski definition) is 4. The minimum Gasteiger partial charge on any atom is -0.481 e. The van der Waals surface area contributed by atoms with Gasteiger partial charge >= 0.3 is 5.97 Å². The normalized spacial score (nSPS) is 28.9. The molecule has 4 rings (SSSR count). The molecule has 6 nitrogen and oxygen atoms in total. The summed E-state index contributed by atoms with van der Waals surface area (Å²) in [6.07, 6.45) is 4.37. The summed E-state index contributed by atoms with van der Waals surface area (Å²) in [4.78, 5) is 25.5. The average molecular weight is 290 g/mol. The van der Waals surface area contributed by atoms with Crippen molar-refractivity contribution in [1.29, 1.82) is 0 Å². The van der Waals surface area contributed by atoms with E-state index in [1.165, 1.54) is 0 Å². The zero-order valence-corrected chi connectivity index (χ0v) is 11.7. The van der Waals surface area contributed by atoms with E-state index in [2.05, 4.69) is 5.16 Å². The highest BCUT2D eigenvalue weighted by atomic mass is 16.5. The van der Waals surface area contributed by atoms with Crippen molar-refractivity contribution in [3.05, 3.63) is 17.5 Å². The van der Waals surface area contributed by atoms with Crippen LogP contribution in [0.3, 0.4) is 0 Å². The number of aliphatic carboxylic acids is 1. The van der Waals surface area contributed by atoms with E-state index >= 15 is 0 Å². The summed E-state index contributed by atoms with van der Waals surface area (Å²) >= 11 is 0. The summed E-state index contributed by atoms with van der Waals surface area (Å²) in [5.41, 5.74) is 0.317. The lowest BCUT2D eigenvalue weighted by molar-refractivity contribution is -0.142. The number of carbonyl (C=O) groups excluding carboxylic acids is 1. The Balaban J connectivity index is 1.49. The van der Waals surface area contributed by atoms with Crippen LogP contribution in [0.1, 0.15) is 47.8 Å². The molecular weight excluding hydrogens is 272 g/mol. The van der Waals surface area contributed by atoms with Crippen LogP contribution in [-0.2, 0) is 4.79 Å². The first kappa shape index (κ1) is 12.9. The SMILES string of the molecule is O=C(O)[C@H]1CN(C(=O)c2cc(C3CC3)on2)C[C@@H]1C1CC1. The molecule has 0 bridgehead atoms. The fourth-order valence-corrected chi connectivity index (χ4v) is 3.37. The third kappa shape index (κ3) is 2.32. The van der Waals surface area contributed by atoms with Gasteiger partial charge in [-0.1, -0.05) is 5.16 Å².